The van der Waals surface area contributed by atoms with E-state index in [0.29, 0.717) is 0 Å². The minimum atomic E-state index is 0. The Morgan fingerprint density at radius 3 is 1.69 bits per heavy atom. The van der Waals surface area contributed by atoms with Crippen LogP contribution in [-0.2, 0) is 6.54 Å². The van der Waals surface area contributed by atoms with E-state index >= 15 is 0 Å². The third kappa shape index (κ3) is 4.29. The van der Waals surface area contributed by atoms with Crippen molar-refractivity contribution in [1.29, 1.82) is 0 Å². The maximum Gasteiger partial charge on any atom is 0.104 e. The van der Waals surface area contributed by atoms with Gasteiger partial charge < -0.3 is 10.6 Å². The van der Waals surface area contributed by atoms with Crippen molar-refractivity contribution in [3.05, 3.63) is 35.9 Å². The van der Waals surface area contributed by atoms with Gasteiger partial charge in [-0.15, -0.1) is 0 Å². The molecule has 0 saturated heterocycles. The Morgan fingerprint density at radius 1 is 0.875 bits per heavy atom. The van der Waals surface area contributed by atoms with Crippen molar-refractivity contribution < 1.29 is 9.19 Å². The number of hydrogen-bond donors (Lipinski definition) is 1. The molecule has 0 aliphatic rings. The lowest BCUT2D eigenvalue weighted by molar-refractivity contribution is -0.936. The number of hydrogen-bond acceptors (Lipinski definition) is 1. The Kier molecular flexibility index (Phi) is 9.00. The topological polar surface area (TPSA) is 35.0 Å². The molecule has 94 valence electrons. The molecule has 1 aromatic carbocycles. The summed E-state index contributed by atoms with van der Waals surface area (Å²) in [4.78, 5) is 0. The van der Waals surface area contributed by atoms with Crippen molar-refractivity contribution in [2.75, 3.05) is 19.6 Å². The van der Waals surface area contributed by atoms with Crippen LogP contribution in [0.3, 0.4) is 0 Å². The molecule has 3 heteroatoms. The summed E-state index contributed by atoms with van der Waals surface area (Å²) in [7, 11) is 0. The summed E-state index contributed by atoms with van der Waals surface area (Å²) >= 11 is 0. The molecule has 1 aromatic rings. The number of quaternary nitrogens is 1. The van der Waals surface area contributed by atoms with Crippen LogP contribution < -0.4 is 6.15 Å². The molecule has 0 bridgehead atoms. The molecule has 16 heavy (non-hydrogen) atoms. The first kappa shape index (κ1) is 17.5. The molecular formula is C13H26FN2+. The number of halogens is 1. The highest BCUT2D eigenvalue weighted by molar-refractivity contribution is 5.13. The zero-order valence-electron chi connectivity index (χ0n) is 10.8. The Bertz CT molecular complexity index is 250. The van der Waals surface area contributed by atoms with Crippen LogP contribution in [0.4, 0.5) is 4.70 Å². The van der Waals surface area contributed by atoms with Crippen molar-refractivity contribution in [2.45, 2.75) is 27.3 Å². The van der Waals surface area contributed by atoms with Crippen LogP contribution in [-0.4, -0.2) is 24.1 Å². The van der Waals surface area contributed by atoms with Crippen LogP contribution in [0, 0.1) is 0 Å². The predicted molar refractivity (Wildman–Crippen MR) is 69.6 cm³/mol. The first-order valence-corrected chi connectivity index (χ1v) is 5.65. The first-order valence-electron chi connectivity index (χ1n) is 5.65. The quantitative estimate of drug-likeness (QED) is 0.772. The van der Waals surface area contributed by atoms with Crippen LogP contribution >= 0.6 is 0 Å². The standard InChI is InChI=1S/C13H22N.FH.H3N/c1-4-14(5-2,6-3)12-13-10-8-7-9-11-13;;/h7-11H,4-6,12H2,1-3H3;1H;1H3/q+1;;. The van der Waals surface area contributed by atoms with Gasteiger partial charge in [0.15, 0.2) is 0 Å². The fourth-order valence-electron chi connectivity index (χ4n) is 1.98. The molecule has 0 aliphatic heterocycles. The summed E-state index contributed by atoms with van der Waals surface area (Å²) in [5.74, 6) is 0. The maximum atomic E-state index is 2.29. The van der Waals surface area contributed by atoms with Gasteiger partial charge in [-0.05, 0) is 20.8 Å². The van der Waals surface area contributed by atoms with E-state index in [2.05, 4.69) is 51.1 Å². The number of benzene rings is 1. The summed E-state index contributed by atoms with van der Waals surface area (Å²) in [6, 6.07) is 10.8. The van der Waals surface area contributed by atoms with Crippen molar-refractivity contribution in [2.24, 2.45) is 0 Å². The normalized spacial score (nSPS) is 10.2. The molecule has 1 rings (SSSR count). The lowest BCUT2D eigenvalue weighted by atomic mass is 10.2. The molecular weight excluding hydrogens is 203 g/mol. The molecule has 0 heterocycles. The van der Waals surface area contributed by atoms with Crippen molar-refractivity contribution in [3.63, 3.8) is 0 Å². The lowest BCUT2D eigenvalue weighted by Crippen LogP contribution is -2.46. The minimum absolute atomic E-state index is 0. The molecule has 0 amide bonds. The molecule has 2 nitrogen and oxygen atoms in total. The monoisotopic (exact) mass is 229 g/mol. The van der Waals surface area contributed by atoms with Gasteiger partial charge in [0.2, 0.25) is 0 Å². The Balaban J connectivity index is 0. The van der Waals surface area contributed by atoms with Crippen LogP contribution in [0.25, 0.3) is 0 Å². The molecule has 0 fully saturated rings. The highest BCUT2D eigenvalue weighted by Crippen LogP contribution is 2.13. The number of nitrogens with zero attached hydrogens (tertiary/aromatic N) is 1. The molecule has 0 unspecified atom stereocenters. The second kappa shape index (κ2) is 8.25. The fourth-order valence-corrected chi connectivity index (χ4v) is 1.98. The van der Waals surface area contributed by atoms with E-state index in [0.717, 1.165) is 0 Å². The average molecular weight is 229 g/mol. The smallest absolute Gasteiger partial charge is 0.104 e. The van der Waals surface area contributed by atoms with Crippen molar-refractivity contribution in [1.82, 2.24) is 6.15 Å². The van der Waals surface area contributed by atoms with Gasteiger partial charge in [-0.1, -0.05) is 30.3 Å². The van der Waals surface area contributed by atoms with Crippen LogP contribution in [0.5, 0.6) is 0 Å². The predicted octanol–water partition coefficient (Wildman–Crippen LogP) is 3.38. The summed E-state index contributed by atoms with van der Waals surface area (Å²) in [6.45, 7) is 11.7. The van der Waals surface area contributed by atoms with E-state index in [1.54, 1.807) is 0 Å². The van der Waals surface area contributed by atoms with Crippen molar-refractivity contribution >= 4 is 0 Å². The summed E-state index contributed by atoms with van der Waals surface area (Å²) < 4.78 is 1.20. The average Bonchev–Trinajstić information content (AvgIpc) is 2.28. The van der Waals surface area contributed by atoms with Gasteiger partial charge in [-0.2, -0.15) is 0 Å². The highest BCUT2D eigenvalue weighted by Gasteiger charge is 2.20. The van der Waals surface area contributed by atoms with E-state index in [1.165, 1.54) is 36.2 Å². The van der Waals surface area contributed by atoms with Crippen LogP contribution in [0.15, 0.2) is 30.3 Å². The van der Waals surface area contributed by atoms with E-state index in [4.69, 9.17) is 0 Å². The SMILES string of the molecule is CC[N+](CC)(CC)Cc1ccccc1.F.N. The van der Waals surface area contributed by atoms with Gasteiger partial charge in [-0.3, -0.25) is 4.70 Å². The Morgan fingerprint density at radius 2 is 1.31 bits per heavy atom. The van der Waals surface area contributed by atoms with Crippen LogP contribution in [0.2, 0.25) is 0 Å². The molecule has 3 N–H and O–H groups in total. The molecule has 0 aromatic heterocycles. The molecule has 0 aliphatic carbocycles. The largest absolute Gasteiger partial charge is 0.344 e. The van der Waals surface area contributed by atoms with Gasteiger partial charge in [0, 0.05) is 5.56 Å². The third-order valence-electron chi connectivity index (χ3n) is 3.37. The zero-order chi connectivity index (χ0) is 10.4. The molecule has 0 saturated carbocycles. The Labute approximate surface area is 98.8 Å². The zero-order valence-corrected chi connectivity index (χ0v) is 10.8. The van der Waals surface area contributed by atoms with Gasteiger partial charge in [0.1, 0.15) is 6.54 Å². The third-order valence-corrected chi connectivity index (χ3v) is 3.37. The Hall–Kier alpha value is -0.930. The van der Waals surface area contributed by atoms with Crippen molar-refractivity contribution in [3.8, 4) is 0 Å². The van der Waals surface area contributed by atoms with Crippen LogP contribution in [0.1, 0.15) is 26.3 Å². The highest BCUT2D eigenvalue weighted by atomic mass is 19.0. The first-order chi connectivity index (χ1) is 6.76. The van der Waals surface area contributed by atoms with E-state index in [-0.39, 0.29) is 10.9 Å². The molecule has 0 radical (unpaired) electrons. The summed E-state index contributed by atoms with van der Waals surface area (Å²) in [6.07, 6.45) is 0. The van der Waals surface area contributed by atoms with Gasteiger partial charge in [0.25, 0.3) is 0 Å². The van der Waals surface area contributed by atoms with E-state index in [1.807, 2.05) is 0 Å². The summed E-state index contributed by atoms with van der Waals surface area (Å²) in [5, 5.41) is 0. The fraction of sp³-hybridized carbons (Fsp3) is 0.538. The van der Waals surface area contributed by atoms with Gasteiger partial charge in [0.05, 0.1) is 19.6 Å². The van der Waals surface area contributed by atoms with E-state index in [9.17, 15) is 0 Å². The summed E-state index contributed by atoms with van der Waals surface area (Å²) in [5.41, 5.74) is 1.46. The second-order valence-electron chi connectivity index (χ2n) is 3.93. The maximum absolute atomic E-state index is 2.29. The lowest BCUT2D eigenvalue weighted by Gasteiger charge is -2.35. The minimum Gasteiger partial charge on any atom is -0.344 e. The molecule has 0 atom stereocenters. The van der Waals surface area contributed by atoms with Gasteiger partial charge >= 0.3 is 0 Å². The van der Waals surface area contributed by atoms with E-state index < -0.39 is 0 Å². The number of rotatable bonds is 5. The second-order valence-corrected chi connectivity index (χ2v) is 3.93. The van der Waals surface area contributed by atoms with Gasteiger partial charge in [-0.25, -0.2) is 0 Å². The molecule has 0 spiro atoms.